The predicted octanol–water partition coefficient (Wildman–Crippen LogP) is 0.851. The van der Waals surface area contributed by atoms with Gasteiger partial charge in [0.25, 0.3) is 0 Å². The van der Waals surface area contributed by atoms with Gasteiger partial charge < -0.3 is 10.0 Å². The van der Waals surface area contributed by atoms with E-state index in [9.17, 15) is 14.3 Å². The maximum absolute atomic E-state index is 13.5. The van der Waals surface area contributed by atoms with Crippen molar-refractivity contribution in [1.29, 1.82) is 0 Å². The van der Waals surface area contributed by atoms with E-state index in [1.165, 1.54) is 11.0 Å². The number of likely N-dealkylation sites (tertiary alicyclic amines) is 1. The lowest BCUT2D eigenvalue weighted by Gasteiger charge is -2.21. The van der Waals surface area contributed by atoms with Gasteiger partial charge in [-0.15, -0.1) is 0 Å². The van der Waals surface area contributed by atoms with Gasteiger partial charge in [-0.2, -0.15) is 0 Å². The molecule has 0 saturated carbocycles. The Kier molecular flexibility index (Phi) is 4.50. The molecule has 0 aliphatic carbocycles. The summed E-state index contributed by atoms with van der Waals surface area (Å²) in [7, 11) is 1.67. The summed E-state index contributed by atoms with van der Waals surface area (Å²) >= 11 is 0. The summed E-state index contributed by atoms with van der Waals surface area (Å²) in [6.45, 7) is 1.82. The van der Waals surface area contributed by atoms with Gasteiger partial charge in [0, 0.05) is 32.2 Å². The Balaban J connectivity index is 1.87. The highest BCUT2D eigenvalue weighted by Crippen LogP contribution is 2.11. The molecule has 1 aromatic carbocycles. The van der Waals surface area contributed by atoms with E-state index in [0.29, 0.717) is 18.5 Å². The van der Waals surface area contributed by atoms with Gasteiger partial charge in [0.1, 0.15) is 5.82 Å². The number of rotatable bonds is 4. The second-order valence-electron chi connectivity index (χ2n) is 5.02. The average molecular weight is 266 g/mol. The maximum atomic E-state index is 13.5. The molecule has 1 N–H and O–H groups in total. The fourth-order valence-corrected chi connectivity index (χ4v) is 2.24. The molecule has 19 heavy (non-hydrogen) atoms. The van der Waals surface area contributed by atoms with Crippen molar-refractivity contribution < 1.29 is 14.3 Å². The van der Waals surface area contributed by atoms with Crippen molar-refractivity contribution in [2.75, 3.05) is 26.7 Å². The number of nitrogens with zero attached hydrogens (tertiary/aromatic N) is 2. The van der Waals surface area contributed by atoms with Crippen LogP contribution in [0.2, 0.25) is 0 Å². The molecule has 2 rings (SSSR count). The van der Waals surface area contributed by atoms with Crippen LogP contribution in [0.4, 0.5) is 4.39 Å². The van der Waals surface area contributed by atoms with Crippen LogP contribution in [-0.4, -0.2) is 53.6 Å². The summed E-state index contributed by atoms with van der Waals surface area (Å²) in [4.78, 5) is 15.4. The van der Waals surface area contributed by atoms with Crippen molar-refractivity contribution >= 4 is 5.91 Å². The van der Waals surface area contributed by atoms with Crippen LogP contribution < -0.4 is 0 Å². The SMILES string of the molecule is CN(Cc1ccccc1F)C(=O)CN1CCC(O)C1. The van der Waals surface area contributed by atoms with Crippen LogP contribution in [0.25, 0.3) is 0 Å². The minimum Gasteiger partial charge on any atom is -0.392 e. The number of β-amino-alcohol motifs (C(OH)–C–C–N with tert-alkyl or cyclic N) is 1. The van der Waals surface area contributed by atoms with E-state index in [4.69, 9.17) is 0 Å². The van der Waals surface area contributed by atoms with Crippen LogP contribution >= 0.6 is 0 Å². The molecule has 0 aromatic heterocycles. The quantitative estimate of drug-likeness (QED) is 0.878. The Labute approximate surface area is 112 Å². The van der Waals surface area contributed by atoms with Crippen LogP contribution in [0, 0.1) is 5.82 Å². The highest BCUT2D eigenvalue weighted by molar-refractivity contribution is 5.78. The number of carbonyl (C=O) groups is 1. The van der Waals surface area contributed by atoms with Crippen LogP contribution in [0.1, 0.15) is 12.0 Å². The van der Waals surface area contributed by atoms with E-state index in [-0.39, 0.29) is 30.9 Å². The zero-order valence-electron chi connectivity index (χ0n) is 11.1. The predicted molar refractivity (Wildman–Crippen MR) is 69.9 cm³/mol. The second kappa shape index (κ2) is 6.12. The third-order valence-electron chi connectivity index (χ3n) is 3.40. The summed E-state index contributed by atoms with van der Waals surface area (Å²) in [5.74, 6) is -0.351. The first-order chi connectivity index (χ1) is 9.06. The van der Waals surface area contributed by atoms with Gasteiger partial charge in [-0.05, 0) is 12.5 Å². The van der Waals surface area contributed by atoms with Crippen molar-refractivity contribution in [1.82, 2.24) is 9.80 Å². The highest BCUT2D eigenvalue weighted by atomic mass is 19.1. The molecule has 1 aliphatic heterocycles. The van der Waals surface area contributed by atoms with Gasteiger partial charge in [0.05, 0.1) is 12.6 Å². The van der Waals surface area contributed by atoms with Crippen LogP contribution in [0.15, 0.2) is 24.3 Å². The molecule has 1 atom stereocenters. The van der Waals surface area contributed by atoms with Crippen LogP contribution in [-0.2, 0) is 11.3 Å². The molecule has 0 spiro atoms. The van der Waals surface area contributed by atoms with Gasteiger partial charge in [-0.25, -0.2) is 4.39 Å². The lowest BCUT2D eigenvalue weighted by molar-refractivity contribution is -0.131. The number of benzene rings is 1. The summed E-state index contributed by atoms with van der Waals surface area (Å²) < 4.78 is 13.5. The Morgan fingerprint density at radius 3 is 2.89 bits per heavy atom. The summed E-state index contributed by atoms with van der Waals surface area (Å²) in [6.07, 6.45) is 0.384. The first kappa shape index (κ1) is 14.0. The Morgan fingerprint density at radius 1 is 1.53 bits per heavy atom. The first-order valence-electron chi connectivity index (χ1n) is 6.44. The average Bonchev–Trinajstić information content (AvgIpc) is 2.77. The number of likely N-dealkylation sites (N-methyl/N-ethyl adjacent to an activating group) is 1. The van der Waals surface area contributed by atoms with Gasteiger partial charge >= 0.3 is 0 Å². The maximum Gasteiger partial charge on any atom is 0.236 e. The molecule has 4 nitrogen and oxygen atoms in total. The molecule has 104 valence electrons. The van der Waals surface area contributed by atoms with Crippen LogP contribution in [0.5, 0.6) is 0 Å². The third kappa shape index (κ3) is 3.75. The number of halogens is 1. The topological polar surface area (TPSA) is 43.8 Å². The minimum atomic E-state index is -0.329. The summed E-state index contributed by atoms with van der Waals surface area (Å²) in [5, 5.41) is 9.41. The van der Waals surface area contributed by atoms with Gasteiger partial charge in [0.15, 0.2) is 0 Å². The Bertz CT molecular complexity index is 453. The lowest BCUT2D eigenvalue weighted by Crippen LogP contribution is -2.37. The van der Waals surface area contributed by atoms with Crippen molar-refractivity contribution in [3.8, 4) is 0 Å². The molecule has 0 bridgehead atoms. The van der Waals surface area contributed by atoms with E-state index < -0.39 is 0 Å². The van der Waals surface area contributed by atoms with E-state index in [2.05, 4.69) is 0 Å². The number of aliphatic hydroxyl groups is 1. The number of amides is 1. The van der Waals surface area contributed by atoms with Crippen LogP contribution in [0.3, 0.4) is 0 Å². The molecule has 1 amide bonds. The monoisotopic (exact) mass is 266 g/mol. The standard InChI is InChI=1S/C14H19FN2O2/c1-16(8-11-4-2-3-5-13(11)15)14(19)10-17-7-6-12(18)9-17/h2-5,12,18H,6-10H2,1H3. The number of carbonyl (C=O) groups excluding carboxylic acids is 1. The van der Waals surface area contributed by atoms with E-state index in [1.54, 1.807) is 25.2 Å². The van der Waals surface area contributed by atoms with E-state index in [0.717, 1.165) is 6.54 Å². The van der Waals surface area contributed by atoms with Gasteiger partial charge in [-0.1, -0.05) is 18.2 Å². The minimum absolute atomic E-state index is 0.0580. The number of hydrogen-bond acceptors (Lipinski definition) is 3. The smallest absolute Gasteiger partial charge is 0.236 e. The third-order valence-corrected chi connectivity index (χ3v) is 3.40. The zero-order chi connectivity index (χ0) is 13.8. The molecule has 1 aromatic rings. The van der Waals surface area contributed by atoms with Gasteiger partial charge in [0.2, 0.25) is 5.91 Å². The van der Waals surface area contributed by atoms with Gasteiger partial charge in [-0.3, -0.25) is 9.69 Å². The Morgan fingerprint density at radius 2 is 2.26 bits per heavy atom. The van der Waals surface area contributed by atoms with E-state index >= 15 is 0 Å². The molecular weight excluding hydrogens is 247 g/mol. The highest BCUT2D eigenvalue weighted by Gasteiger charge is 2.23. The number of hydrogen-bond donors (Lipinski definition) is 1. The first-order valence-corrected chi connectivity index (χ1v) is 6.44. The second-order valence-corrected chi connectivity index (χ2v) is 5.02. The van der Waals surface area contributed by atoms with Crippen molar-refractivity contribution in [3.05, 3.63) is 35.6 Å². The largest absolute Gasteiger partial charge is 0.392 e. The molecule has 0 radical (unpaired) electrons. The molecule has 1 fully saturated rings. The fraction of sp³-hybridized carbons (Fsp3) is 0.500. The van der Waals surface area contributed by atoms with Crippen molar-refractivity contribution in [2.45, 2.75) is 19.1 Å². The lowest BCUT2D eigenvalue weighted by atomic mass is 10.2. The zero-order valence-corrected chi connectivity index (χ0v) is 11.1. The normalized spacial score (nSPS) is 19.6. The van der Waals surface area contributed by atoms with Crippen molar-refractivity contribution in [2.24, 2.45) is 0 Å². The summed E-state index contributed by atoms with van der Waals surface area (Å²) in [5.41, 5.74) is 0.514. The van der Waals surface area contributed by atoms with E-state index in [1.807, 2.05) is 4.90 Å². The molecule has 1 saturated heterocycles. The molecule has 5 heteroatoms. The number of aliphatic hydroxyl groups excluding tert-OH is 1. The molecule has 1 heterocycles. The summed E-state index contributed by atoms with van der Waals surface area (Å²) in [6, 6.07) is 6.46. The van der Waals surface area contributed by atoms with Crippen molar-refractivity contribution in [3.63, 3.8) is 0 Å². The Hall–Kier alpha value is -1.46. The molecule has 1 aliphatic rings. The fourth-order valence-electron chi connectivity index (χ4n) is 2.24. The molecular formula is C14H19FN2O2. The molecule has 1 unspecified atom stereocenters.